The Morgan fingerprint density at radius 2 is 1.94 bits per heavy atom. The Labute approximate surface area is 105 Å². The van der Waals surface area contributed by atoms with Crippen molar-refractivity contribution >= 4 is 0 Å². The van der Waals surface area contributed by atoms with Crippen LogP contribution in [0.5, 0.6) is 5.75 Å². The molecule has 96 valence electrons. The minimum atomic E-state index is 0.126. The smallest absolute Gasteiger partial charge is 0.123 e. The minimum absolute atomic E-state index is 0.126. The van der Waals surface area contributed by atoms with E-state index < -0.39 is 0 Å². The van der Waals surface area contributed by atoms with Crippen molar-refractivity contribution in [1.29, 1.82) is 0 Å². The van der Waals surface area contributed by atoms with E-state index in [2.05, 4.69) is 58.1 Å². The first-order chi connectivity index (χ1) is 7.95. The molecule has 0 bridgehead atoms. The van der Waals surface area contributed by atoms with Crippen LogP contribution < -0.4 is 10.1 Å². The lowest BCUT2D eigenvalue weighted by Gasteiger charge is -2.23. The van der Waals surface area contributed by atoms with Crippen molar-refractivity contribution in [2.45, 2.75) is 40.0 Å². The van der Waals surface area contributed by atoms with Gasteiger partial charge in [-0.3, -0.25) is 0 Å². The summed E-state index contributed by atoms with van der Waals surface area (Å²) < 4.78 is 5.88. The van der Waals surface area contributed by atoms with Crippen LogP contribution in [0.2, 0.25) is 0 Å². The molecule has 0 atom stereocenters. The van der Waals surface area contributed by atoms with E-state index in [0.29, 0.717) is 0 Å². The number of hydrogen-bond donors (Lipinski definition) is 1. The van der Waals surface area contributed by atoms with Crippen molar-refractivity contribution in [3.8, 4) is 5.75 Å². The van der Waals surface area contributed by atoms with Crippen LogP contribution in [0.4, 0.5) is 0 Å². The molecule has 1 aromatic rings. The first-order valence-electron chi connectivity index (χ1n) is 6.40. The maximum absolute atomic E-state index is 5.88. The summed E-state index contributed by atoms with van der Waals surface area (Å²) in [6, 6.07) is 6.46. The summed E-state index contributed by atoms with van der Waals surface area (Å²) in [5, 5.41) is 3.27. The van der Waals surface area contributed by atoms with Gasteiger partial charge >= 0.3 is 0 Å². The normalized spacial score (nSPS) is 11.6. The van der Waals surface area contributed by atoms with Crippen molar-refractivity contribution in [1.82, 2.24) is 5.32 Å². The molecule has 0 saturated heterocycles. The van der Waals surface area contributed by atoms with Gasteiger partial charge in [0.25, 0.3) is 0 Å². The van der Waals surface area contributed by atoms with Crippen molar-refractivity contribution in [2.24, 2.45) is 0 Å². The Bertz CT molecular complexity index is 352. The van der Waals surface area contributed by atoms with E-state index >= 15 is 0 Å². The highest BCUT2D eigenvalue weighted by Crippen LogP contribution is 2.31. The van der Waals surface area contributed by atoms with Crippen LogP contribution in [0, 0.1) is 6.92 Å². The molecule has 0 fully saturated rings. The maximum atomic E-state index is 5.88. The van der Waals surface area contributed by atoms with Gasteiger partial charge < -0.3 is 10.1 Å². The van der Waals surface area contributed by atoms with Gasteiger partial charge in [-0.15, -0.1) is 0 Å². The topological polar surface area (TPSA) is 21.3 Å². The molecule has 0 saturated carbocycles. The van der Waals surface area contributed by atoms with Crippen molar-refractivity contribution in [2.75, 3.05) is 19.7 Å². The molecule has 0 spiro atoms. The zero-order valence-electron chi connectivity index (χ0n) is 11.8. The fraction of sp³-hybridized carbons (Fsp3) is 0.600. The Kier molecular flexibility index (Phi) is 5.01. The Morgan fingerprint density at radius 1 is 1.24 bits per heavy atom. The van der Waals surface area contributed by atoms with Gasteiger partial charge in [0.2, 0.25) is 0 Å². The zero-order valence-corrected chi connectivity index (χ0v) is 11.8. The maximum Gasteiger partial charge on any atom is 0.123 e. The second-order valence-corrected chi connectivity index (χ2v) is 5.45. The predicted octanol–water partition coefficient (Wildman–Crippen LogP) is 3.28. The van der Waals surface area contributed by atoms with E-state index in [0.717, 1.165) is 25.4 Å². The molecule has 0 amide bonds. The predicted molar refractivity (Wildman–Crippen MR) is 73.9 cm³/mol. The summed E-state index contributed by atoms with van der Waals surface area (Å²) in [5.74, 6) is 1.02. The Balaban J connectivity index is 2.77. The van der Waals surface area contributed by atoms with E-state index in [-0.39, 0.29) is 5.41 Å². The van der Waals surface area contributed by atoms with Gasteiger partial charge in [-0.1, -0.05) is 39.8 Å². The van der Waals surface area contributed by atoms with Gasteiger partial charge in [0.1, 0.15) is 12.4 Å². The molecule has 17 heavy (non-hydrogen) atoms. The summed E-state index contributed by atoms with van der Waals surface area (Å²) in [5.41, 5.74) is 2.65. The third-order valence-electron chi connectivity index (χ3n) is 2.73. The molecule has 0 unspecified atom stereocenters. The zero-order chi connectivity index (χ0) is 12.9. The highest BCUT2D eigenvalue weighted by molar-refractivity contribution is 5.41. The molecule has 2 nitrogen and oxygen atoms in total. The van der Waals surface area contributed by atoms with Gasteiger partial charge in [-0.25, -0.2) is 0 Å². The van der Waals surface area contributed by atoms with Gasteiger partial charge in [-0.2, -0.15) is 0 Å². The molecular weight excluding hydrogens is 210 g/mol. The lowest BCUT2D eigenvalue weighted by Crippen LogP contribution is -2.21. The first kappa shape index (κ1) is 14.0. The van der Waals surface area contributed by atoms with Crippen LogP contribution in [0.15, 0.2) is 18.2 Å². The van der Waals surface area contributed by atoms with Crippen molar-refractivity contribution in [3.05, 3.63) is 29.3 Å². The summed E-state index contributed by atoms with van der Waals surface area (Å²) in [7, 11) is 0. The molecule has 0 radical (unpaired) electrons. The first-order valence-corrected chi connectivity index (χ1v) is 6.40. The van der Waals surface area contributed by atoms with Gasteiger partial charge in [-0.05, 0) is 36.1 Å². The number of hydrogen-bond acceptors (Lipinski definition) is 2. The lowest BCUT2D eigenvalue weighted by molar-refractivity contribution is 0.307. The van der Waals surface area contributed by atoms with Crippen LogP contribution >= 0.6 is 0 Å². The van der Waals surface area contributed by atoms with Crippen LogP contribution in [0.25, 0.3) is 0 Å². The number of ether oxygens (including phenoxy) is 1. The molecule has 0 heterocycles. The number of benzene rings is 1. The van der Waals surface area contributed by atoms with Gasteiger partial charge in [0, 0.05) is 6.54 Å². The SMILES string of the molecule is CCNCCOc1cc(C)ccc1C(C)(C)C. The van der Waals surface area contributed by atoms with E-state index in [9.17, 15) is 0 Å². The fourth-order valence-electron chi connectivity index (χ4n) is 1.78. The minimum Gasteiger partial charge on any atom is -0.492 e. The molecule has 0 aliphatic heterocycles. The third-order valence-corrected chi connectivity index (χ3v) is 2.73. The molecule has 1 N–H and O–H groups in total. The highest BCUT2D eigenvalue weighted by Gasteiger charge is 2.18. The Morgan fingerprint density at radius 3 is 2.53 bits per heavy atom. The summed E-state index contributed by atoms with van der Waals surface area (Å²) in [6.45, 7) is 13.5. The van der Waals surface area contributed by atoms with E-state index in [4.69, 9.17) is 4.74 Å². The molecule has 0 aromatic heterocycles. The van der Waals surface area contributed by atoms with E-state index in [1.807, 2.05) is 0 Å². The largest absolute Gasteiger partial charge is 0.492 e. The fourth-order valence-corrected chi connectivity index (χ4v) is 1.78. The molecule has 1 aromatic carbocycles. The van der Waals surface area contributed by atoms with Gasteiger partial charge in [0.15, 0.2) is 0 Å². The van der Waals surface area contributed by atoms with Crippen LogP contribution in [0.1, 0.15) is 38.8 Å². The number of likely N-dealkylation sites (N-methyl/N-ethyl adjacent to an activating group) is 1. The molecular formula is C15H25NO. The average Bonchev–Trinajstić information content (AvgIpc) is 2.23. The quantitative estimate of drug-likeness (QED) is 0.791. The Hall–Kier alpha value is -1.02. The number of aryl methyl sites for hydroxylation is 1. The summed E-state index contributed by atoms with van der Waals surface area (Å²) in [4.78, 5) is 0. The lowest BCUT2D eigenvalue weighted by atomic mass is 9.86. The molecule has 2 heteroatoms. The summed E-state index contributed by atoms with van der Waals surface area (Å²) in [6.07, 6.45) is 0. The highest BCUT2D eigenvalue weighted by atomic mass is 16.5. The van der Waals surface area contributed by atoms with E-state index in [1.54, 1.807) is 0 Å². The standard InChI is InChI=1S/C15H25NO/c1-6-16-9-10-17-14-11-12(2)7-8-13(14)15(3,4)5/h7-8,11,16H,6,9-10H2,1-5H3. The second kappa shape index (κ2) is 6.06. The summed E-state index contributed by atoms with van der Waals surface area (Å²) >= 11 is 0. The van der Waals surface area contributed by atoms with Crippen molar-refractivity contribution < 1.29 is 4.74 Å². The number of nitrogens with one attached hydrogen (secondary N) is 1. The van der Waals surface area contributed by atoms with Crippen LogP contribution in [-0.2, 0) is 5.41 Å². The van der Waals surface area contributed by atoms with Crippen LogP contribution in [-0.4, -0.2) is 19.7 Å². The van der Waals surface area contributed by atoms with E-state index in [1.165, 1.54) is 11.1 Å². The molecule has 0 aliphatic carbocycles. The molecule has 1 rings (SSSR count). The van der Waals surface area contributed by atoms with Gasteiger partial charge in [0.05, 0.1) is 0 Å². The average molecular weight is 235 g/mol. The third kappa shape index (κ3) is 4.39. The second-order valence-electron chi connectivity index (χ2n) is 5.45. The number of rotatable bonds is 5. The molecule has 0 aliphatic rings. The van der Waals surface area contributed by atoms with Crippen molar-refractivity contribution in [3.63, 3.8) is 0 Å². The van der Waals surface area contributed by atoms with Crippen LogP contribution in [0.3, 0.4) is 0 Å². The monoisotopic (exact) mass is 235 g/mol.